The van der Waals surface area contributed by atoms with E-state index in [0.29, 0.717) is 0 Å². The molecule has 6 heteroatoms. The summed E-state index contributed by atoms with van der Waals surface area (Å²) in [6, 6.07) is 7.42. The lowest BCUT2D eigenvalue weighted by molar-refractivity contribution is -0.150. The summed E-state index contributed by atoms with van der Waals surface area (Å²) in [4.78, 5) is 22.4. The topological polar surface area (TPSA) is 75.6 Å². The number of hydrogen-bond donors (Lipinski definition) is 2. The Kier molecular flexibility index (Phi) is 6.24. The smallest absolute Gasteiger partial charge is 0.336 e. The van der Waals surface area contributed by atoms with E-state index in [1.165, 1.54) is 13.2 Å². The Morgan fingerprint density at radius 1 is 1.47 bits per heavy atom. The lowest BCUT2D eigenvalue weighted by Crippen LogP contribution is -2.36. The zero-order valence-electron chi connectivity index (χ0n) is 10.3. The van der Waals surface area contributed by atoms with Crippen LogP contribution in [-0.2, 0) is 14.3 Å². The SMILES string of the molecule is COC(=O)C(O)CNC(=O)/C=C/c1ccccc1Br. The minimum atomic E-state index is -1.36. The van der Waals surface area contributed by atoms with Gasteiger partial charge < -0.3 is 15.2 Å². The summed E-state index contributed by atoms with van der Waals surface area (Å²) in [7, 11) is 1.17. The van der Waals surface area contributed by atoms with Crippen molar-refractivity contribution in [2.75, 3.05) is 13.7 Å². The van der Waals surface area contributed by atoms with Gasteiger partial charge in [0.15, 0.2) is 6.10 Å². The summed E-state index contributed by atoms with van der Waals surface area (Å²) in [6.07, 6.45) is 1.60. The van der Waals surface area contributed by atoms with E-state index in [-0.39, 0.29) is 6.54 Å². The number of hydrogen-bond acceptors (Lipinski definition) is 4. The molecule has 0 radical (unpaired) electrons. The number of carbonyl (C=O) groups is 2. The fourth-order valence-electron chi connectivity index (χ4n) is 1.25. The quantitative estimate of drug-likeness (QED) is 0.627. The predicted octanol–water partition coefficient (Wildman–Crippen LogP) is 1.11. The van der Waals surface area contributed by atoms with Crippen LogP contribution in [0.1, 0.15) is 5.56 Å². The van der Waals surface area contributed by atoms with E-state index in [2.05, 4.69) is 26.0 Å². The first kappa shape index (κ1) is 15.4. The molecular formula is C13H14BrNO4. The van der Waals surface area contributed by atoms with Crippen LogP contribution in [0.5, 0.6) is 0 Å². The van der Waals surface area contributed by atoms with Crippen molar-refractivity contribution in [1.29, 1.82) is 0 Å². The number of ether oxygens (including phenoxy) is 1. The number of amides is 1. The van der Waals surface area contributed by atoms with E-state index < -0.39 is 18.0 Å². The maximum Gasteiger partial charge on any atom is 0.336 e. The van der Waals surface area contributed by atoms with Crippen molar-refractivity contribution in [2.24, 2.45) is 0 Å². The van der Waals surface area contributed by atoms with Crippen LogP contribution >= 0.6 is 15.9 Å². The van der Waals surface area contributed by atoms with Crippen LogP contribution in [0.4, 0.5) is 0 Å². The Hall–Kier alpha value is -1.66. The average molecular weight is 328 g/mol. The van der Waals surface area contributed by atoms with Gasteiger partial charge in [0.05, 0.1) is 13.7 Å². The van der Waals surface area contributed by atoms with E-state index >= 15 is 0 Å². The van der Waals surface area contributed by atoms with Crippen LogP contribution < -0.4 is 5.32 Å². The van der Waals surface area contributed by atoms with Crippen molar-refractivity contribution in [3.63, 3.8) is 0 Å². The fraction of sp³-hybridized carbons (Fsp3) is 0.231. The van der Waals surface area contributed by atoms with Gasteiger partial charge in [0.2, 0.25) is 5.91 Å². The molecule has 0 heterocycles. The van der Waals surface area contributed by atoms with Crippen LogP contribution in [-0.4, -0.2) is 36.7 Å². The molecule has 19 heavy (non-hydrogen) atoms. The van der Waals surface area contributed by atoms with E-state index in [1.807, 2.05) is 24.3 Å². The Balaban J connectivity index is 2.48. The minimum absolute atomic E-state index is 0.189. The first-order valence-corrected chi connectivity index (χ1v) is 6.30. The summed E-state index contributed by atoms with van der Waals surface area (Å²) >= 11 is 3.35. The molecule has 1 unspecified atom stereocenters. The lowest BCUT2D eigenvalue weighted by Gasteiger charge is -2.08. The molecule has 0 bridgehead atoms. The molecule has 2 N–H and O–H groups in total. The molecule has 0 saturated heterocycles. The zero-order chi connectivity index (χ0) is 14.3. The van der Waals surface area contributed by atoms with Gasteiger partial charge in [-0.15, -0.1) is 0 Å². The van der Waals surface area contributed by atoms with Crippen molar-refractivity contribution < 1.29 is 19.4 Å². The minimum Gasteiger partial charge on any atom is -0.467 e. The summed E-state index contributed by atoms with van der Waals surface area (Å²) in [5, 5.41) is 11.7. The molecule has 0 aromatic heterocycles. The third kappa shape index (κ3) is 5.23. The molecule has 1 rings (SSSR count). The molecule has 0 fully saturated rings. The highest BCUT2D eigenvalue weighted by atomic mass is 79.9. The van der Waals surface area contributed by atoms with Gasteiger partial charge in [0.1, 0.15) is 0 Å². The molecule has 5 nitrogen and oxygen atoms in total. The van der Waals surface area contributed by atoms with Gasteiger partial charge in [0.25, 0.3) is 0 Å². The second-order valence-corrected chi connectivity index (χ2v) is 4.49. The second kappa shape index (κ2) is 7.70. The molecule has 1 aromatic carbocycles. The first-order chi connectivity index (χ1) is 9.04. The standard InChI is InChI=1S/C13H14BrNO4/c1-19-13(18)11(16)8-15-12(17)7-6-9-4-2-3-5-10(9)14/h2-7,11,16H,8H2,1H3,(H,15,17)/b7-6+. The molecule has 1 atom stereocenters. The molecular weight excluding hydrogens is 314 g/mol. The Morgan fingerprint density at radius 2 is 2.16 bits per heavy atom. The normalized spacial score (nSPS) is 12.2. The highest BCUT2D eigenvalue weighted by molar-refractivity contribution is 9.10. The van der Waals surface area contributed by atoms with Gasteiger partial charge in [-0.1, -0.05) is 34.1 Å². The van der Waals surface area contributed by atoms with Crippen molar-refractivity contribution in [3.8, 4) is 0 Å². The summed E-state index contributed by atoms with van der Waals surface area (Å²) in [5.74, 6) is -1.19. The van der Waals surface area contributed by atoms with Crippen molar-refractivity contribution >= 4 is 33.9 Å². The molecule has 102 valence electrons. The number of halogens is 1. The van der Waals surface area contributed by atoms with Crippen LogP contribution in [0.15, 0.2) is 34.8 Å². The molecule has 1 amide bonds. The van der Waals surface area contributed by atoms with Gasteiger partial charge in [-0.3, -0.25) is 4.79 Å². The average Bonchev–Trinajstić information content (AvgIpc) is 2.42. The third-order valence-electron chi connectivity index (χ3n) is 2.26. The van der Waals surface area contributed by atoms with Crippen LogP contribution in [0, 0.1) is 0 Å². The van der Waals surface area contributed by atoms with E-state index in [1.54, 1.807) is 6.08 Å². The van der Waals surface area contributed by atoms with Crippen molar-refractivity contribution in [3.05, 3.63) is 40.4 Å². The van der Waals surface area contributed by atoms with E-state index in [9.17, 15) is 14.7 Å². The molecule has 0 aliphatic carbocycles. The van der Waals surface area contributed by atoms with E-state index in [0.717, 1.165) is 10.0 Å². The van der Waals surface area contributed by atoms with Crippen LogP contribution in [0.25, 0.3) is 6.08 Å². The number of benzene rings is 1. The van der Waals surface area contributed by atoms with E-state index in [4.69, 9.17) is 0 Å². The summed E-state index contributed by atoms with van der Waals surface area (Å²) in [6.45, 7) is -0.189. The maximum atomic E-state index is 11.5. The first-order valence-electron chi connectivity index (χ1n) is 5.51. The summed E-state index contributed by atoms with van der Waals surface area (Å²) < 4.78 is 5.19. The Bertz CT molecular complexity index is 487. The number of nitrogens with one attached hydrogen (secondary N) is 1. The zero-order valence-corrected chi connectivity index (χ0v) is 11.9. The number of methoxy groups -OCH3 is 1. The molecule has 0 spiro atoms. The van der Waals surface area contributed by atoms with Gasteiger partial charge >= 0.3 is 5.97 Å². The van der Waals surface area contributed by atoms with Gasteiger partial charge in [-0.25, -0.2) is 4.79 Å². The monoisotopic (exact) mass is 327 g/mol. The lowest BCUT2D eigenvalue weighted by atomic mass is 10.2. The molecule has 0 aliphatic rings. The Labute approximate surface area is 119 Å². The van der Waals surface area contributed by atoms with Gasteiger partial charge in [-0.05, 0) is 17.7 Å². The number of carbonyl (C=O) groups excluding carboxylic acids is 2. The van der Waals surface area contributed by atoms with Gasteiger partial charge in [0, 0.05) is 10.5 Å². The van der Waals surface area contributed by atoms with Crippen LogP contribution in [0.2, 0.25) is 0 Å². The molecule has 0 aliphatic heterocycles. The largest absolute Gasteiger partial charge is 0.467 e. The second-order valence-electron chi connectivity index (χ2n) is 3.64. The number of aliphatic hydroxyl groups excluding tert-OH is 1. The number of rotatable bonds is 5. The van der Waals surface area contributed by atoms with Gasteiger partial charge in [-0.2, -0.15) is 0 Å². The molecule has 1 aromatic rings. The van der Waals surface area contributed by atoms with Crippen molar-refractivity contribution in [1.82, 2.24) is 5.32 Å². The highest BCUT2D eigenvalue weighted by Crippen LogP contribution is 2.16. The van der Waals surface area contributed by atoms with Crippen LogP contribution in [0.3, 0.4) is 0 Å². The van der Waals surface area contributed by atoms with Crippen molar-refractivity contribution in [2.45, 2.75) is 6.10 Å². The third-order valence-corrected chi connectivity index (χ3v) is 2.98. The Morgan fingerprint density at radius 3 is 2.79 bits per heavy atom. The fourth-order valence-corrected chi connectivity index (χ4v) is 1.67. The number of esters is 1. The highest BCUT2D eigenvalue weighted by Gasteiger charge is 2.15. The number of aliphatic hydroxyl groups is 1. The molecule has 0 saturated carbocycles. The summed E-state index contributed by atoms with van der Waals surface area (Å²) in [5.41, 5.74) is 0.853. The predicted molar refractivity (Wildman–Crippen MR) is 74.2 cm³/mol. The maximum absolute atomic E-state index is 11.5.